The van der Waals surface area contributed by atoms with E-state index < -0.39 is 66.6 Å². The average molecular weight is 500 g/mol. The van der Waals surface area contributed by atoms with Crippen molar-refractivity contribution in [3.05, 3.63) is 0 Å². The largest absolute Gasteiger partial charge is 0.481 e. The number of hydrogen-bond acceptors (Lipinski definition) is 8. The first-order valence-electron chi connectivity index (χ1n) is 10.9. The Morgan fingerprint density at radius 1 is 1.06 bits per heavy atom. The van der Waals surface area contributed by atoms with E-state index in [9.17, 15) is 28.8 Å². The zero-order valence-corrected chi connectivity index (χ0v) is 19.2. The number of carbonyl (C=O) groups excluding carboxylic acids is 5. The summed E-state index contributed by atoms with van der Waals surface area (Å²) in [6, 6.07) is -3.33. The van der Waals surface area contributed by atoms with Gasteiger partial charge in [-0.2, -0.15) is 0 Å². The summed E-state index contributed by atoms with van der Waals surface area (Å²) in [7, 11) is 0. The van der Waals surface area contributed by atoms with Crippen LogP contribution < -0.4 is 38.9 Å². The zero-order valence-electron chi connectivity index (χ0n) is 19.2. The molecule has 12 N–H and O–H groups in total. The van der Waals surface area contributed by atoms with Gasteiger partial charge in [0.1, 0.15) is 18.1 Å². The first kappa shape index (κ1) is 29.1. The summed E-state index contributed by atoms with van der Waals surface area (Å²) in [5.41, 5.74) is 21.0. The SMILES string of the molecule is NCC(=O)N1CCC[C@H]1C(=O)N[C@@H](CCCN=C(N)N)C(=O)NCC(=O)N[C@@H](CC(=O)O)C(N)=O. The van der Waals surface area contributed by atoms with Crippen LogP contribution in [-0.2, 0) is 28.8 Å². The van der Waals surface area contributed by atoms with Crippen LogP contribution in [0.4, 0.5) is 0 Å². The third kappa shape index (κ3) is 10.2. The van der Waals surface area contributed by atoms with Gasteiger partial charge >= 0.3 is 5.97 Å². The Hall–Kier alpha value is -3.95. The lowest BCUT2D eigenvalue weighted by molar-refractivity contribution is -0.140. The van der Waals surface area contributed by atoms with Crippen molar-refractivity contribution in [1.29, 1.82) is 0 Å². The highest BCUT2D eigenvalue weighted by Gasteiger charge is 2.35. The maximum absolute atomic E-state index is 12.8. The Kier molecular flexibility index (Phi) is 11.9. The van der Waals surface area contributed by atoms with Gasteiger partial charge < -0.3 is 48.9 Å². The number of amides is 5. The number of guanidine groups is 1. The highest BCUT2D eigenvalue weighted by Crippen LogP contribution is 2.17. The molecule has 1 aliphatic rings. The number of nitrogens with two attached hydrogens (primary N) is 4. The van der Waals surface area contributed by atoms with Crippen LogP contribution in [0.15, 0.2) is 4.99 Å². The molecule has 5 amide bonds. The molecule has 0 spiro atoms. The van der Waals surface area contributed by atoms with Gasteiger partial charge in [0, 0.05) is 13.1 Å². The van der Waals surface area contributed by atoms with Gasteiger partial charge in [0.05, 0.1) is 19.5 Å². The number of nitrogens with zero attached hydrogens (tertiary/aromatic N) is 2. The number of likely N-dealkylation sites (tertiary alicyclic amines) is 1. The number of aliphatic imine (C=N–C) groups is 1. The van der Waals surface area contributed by atoms with Crippen molar-refractivity contribution in [3.8, 4) is 0 Å². The monoisotopic (exact) mass is 499 g/mol. The van der Waals surface area contributed by atoms with Crippen LogP contribution >= 0.6 is 0 Å². The second-order valence-electron chi connectivity index (χ2n) is 7.80. The maximum atomic E-state index is 12.8. The predicted molar refractivity (Wildman–Crippen MR) is 122 cm³/mol. The van der Waals surface area contributed by atoms with E-state index in [1.54, 1.807) is 0 Å². The number of hydrogen-bond donors (Lipinski definition) is 8. The van der Waals surface area contributed by atoms with Crippen LogP contribution in [0.5, 0.6) is 0 Å². The third-order valence-corrected chi connectivity index (χ3v) is 5.11. The lowest BCUT2D eigenvalue weighted by Crippen LogP contribution is -2.55. The van der Waals surface area contributed by atoms with E-state index in [-0.39, 0.29) is 25.5 Å². The van der Waals surface area contributed by atoms with E-state index in [0.29, 0.717) is 25.8 Å². The molecule has 196 valence electrons. The molecule has 1 saturated heterocycles. The summed E-state index contributed by atoms with van der Waals surface area (Å²) in [4.78, 5) is 76.8. The van der Waals surface area contributed by atoms with Gasteiger partial charge in [-0.3, -0.25) is 33.8 Å². The molecule has 1 fully saturated rings. The Labute approximate surface area is 201 Å². The molecule has 16 nitrogen and oxygen atoms in total. The fraction of sp³-hybridized carbons (Fsp3) is 0.632. The normalized spacial score (nSPS) is 16.5. The van der Waals surface area contributed by atoms with Crippen molar-refractivity contribution in [1.82, 2.24) is 20.9 Å². The van der Waals surface area contributed by atoms with Gasteiger partial charge in [-0.05, 0) is 25.7 Å². The minimum Gasteiger partial charge on any atom is -0.481 e. The Morgan fingerprint density at radius 3 is 2.31 bits per heavy atom. The number of primary amides is 1. The first-order valence-corrected chi connectivity index (χ1v) is 10.9. The van der Waals surface area contributed by atoms with Crippen molar-refractivity contribution in [2.45, 2.75) is 50.2 Å². The third-order valence-electron chi connectivity index (χ3n) is 5.11. The molecule has 0 bridgehead atoms. The minimum atomic E-state index is -1.46. The van der Waals surface area contributed by atoms with Gasteiger partial charge in [-0.15, -0.1) is 0 Å². The van der Waals surface area contributed by atoms with E-state index in [2.05, 4.69) is 20.9 Å². The van der Waals surface area contributed by atoms with E-state index >= 15 is 0 Å². The van der Waals surface area contributed by atoms with E-state index in [0.717, 1.165) is 0 Å². The van der Waals surface area contributed by atoms with Gasteiger partial charge in [0.15, 0.2) is 5.96 Å². The molecule has 0 aromatic rings. The zero-order chi connectivity index (χ0) is 26.5. The van der Waals surface area contributed by atoms with Crippen LogP contribution in [0, 0.1) is 0 Å². The van der Waals surface area contributed by atoms with Crippen LogP contribution in [0.2, 0.25) is 0 Å². The second-order valence-corrected chi connectivity index (χ2v) is 7.80. The molecule has 0 radical (unpaired) electrons. The smallest absolute Gasteiger partial charge is 0.305 e. The summed E-state index contributed by atoms with van der Waals surface area (Å²) in [5, 5.41) is 15.8. The molecule has 1 aliphatic heterocycles. The Bertz CT molecular complexity index is 845. The maximum Gasteiger partial charge on any atom is 0.305 e. The van der Waals surface area contributed by atoms with Crippen LogP contribution in [0.3, 0.4) is 0 Å². The number of carboxylic acids is 1. The van der Waals surface area contributed by atoms with Crippen LogP contribution in [0.25, 0.3) is 0 Å². The summed E-state index contributed by atoms with van der Waals surface area (Å²) < 4.78 is 0. The number of aliphatic carboxylic acids is 1. The average Bonchev–Trinajstić information content (AvgIpc) is 3.28. The molecular weight excluding hydrogens is 466 g/mol. The fourth-order valence-electron chi connectivity index (χ4n) is 3.43. The lowest BCUT2D eigenvalue weighted by atomic mass is 10.1. The van der Waals surface area contributed by atoms with Crippen molar-refractivity contribution in [2.75, 3.05) is 26.2 Å². The van der Waals surface area contributed by atoms with Crippen molar-refractivity contribution in [2.24, 2.45) is 27.9 Å². The molecule has 3 atom stereocenters. The molecular formula is C19H33N9O7. The quantitative estimate of drug-likeness (QED) is 0.0640. The minimum absolute atomic E-state index is 0.108. The topological polar surface area (TPSA) is 278 Å². The van der Waals surface area contributed by atoms with Crippen molar-refractivity contribution in [3.63, 3.8) is 0 Å². The highest BCUT2D eigenvalue weighted by molar-refractivity contribution is 5.95. The predicted octanol–water partition coefficient (Wildman–Crippen LogP) is -4.96. The van der Waals surface area contributed by atoms with Gasteiger partial charge in [0.2, 0.25) is 29.5 Å². The Morgan fingerprint density at radius 2 is 1.74 bits per heavy atom. The summed E-state index contributed by atoms with van der Waals surface area (Å²) >= 11 is 0. The van der Waals surface area contributed by atoms with Crippen molar-refractivity contribution >= 4 is 41.5 Å². The van der Waals surface area contributed by atoms with Crippen LogP contribution in [-0.4, -0.2) is 95.8 Å². The molecule has 0 unspecified atom stereocenters. The number of nitrogens with one attached hydrogen (secondary N) is 3. The number of rotatable bonds is 14. The lowest BCUT2D eigenvalue weighted by Gasteiger charge is -2.26. The van der Waals surface area contributed by atoms with Crippen LogP contribution in [0.1, 0.15) is 32.1 Å². The molecule has 1 rings (SSSR count). The number of carboxylic acid groups (broad SMARTS) is 1. The molecule has 0 aromatic carbocycles. The number of carbonyl (C=O) groups is 6. The standard InChI is InChI=1S/C19H33N9O7/c20-8-14(30)28-6-2-4-12(28)18(35)27-10(3-1-5-24-19(22)23)17(34)25-9-13(29)26-11(16(21)33)7-15(31)32/h10-12H,1-9,20H2,(H2,21,33)(H,25,34)(H,26,29)(H,27,35)(H,31,32)(H4,22,23,24)/t10-,11-,12-/m0/s1. The second kappa shape index (κ2) is 14.3. The molecule has 0 saturated carbocycles. The van der Waals surface area contributed by atoms with Gasteiger partial charge in [0.25, 0.3) is 0 Å². The highest BCUT2D eigenvalue weighted by atomic mass is 16.4. The van der Waals surface area contributed by atoms with E-state index in [1.165, 1.54) is 4.90 Å². The summed E-state index contributed by atoms with van der Waals surface area (Å²) in [6.07, 6.45) is 0.693. The first-order chi connectivity index (χ1) is 16.5. The van der Waals surface area contributed by atoms with E-state index in [1.807, 2.05) is 0 Å². The van der Waals surface area contributed by atoms with Gasteiger partial charge in [-0.1, -0.05) is 0 Å². The summed E-state index contributed by atoms with van der Waals surface area (Å²) in [6.45, 7) is -0.314. The van der Waals surface area contributed by atoms with Crippen molar-refractivity contribution < 1.29 is 33.9 Å². The van der Waals surface area contributed by atoms with E-state index in [4.69, 9.17) is 28.0 Å². The van der Waals surface area contributed by atoms with Gasteiger partial charge in [-0.25, -0.2) is 0 Å². The molecule has 35 heavy (non-hydrogen) atoms. The molecule has 16 heteroatoms. The molecule has 0 aromatic heterocycles. The fourth-order valence-corrected chi connectivity index (χ4v) is 3.43. The molecule has 1 heterocycles. The Balaban J connectivity index is 2.80. The summed E-state index contributed by atoms with van der Waals surface area (Å²) in [5.74, 6) is -5.06. The molecule has 0 aliphatic carbocycles.